The van der Waals surface area contributed by atoms with Crippen LogP contribution in [0.3, 0.4) is 0 Å². The van der Waals surface area contributed by atoms with Gasteiger partial charge in [0.15, 0.2) is 0 Å². The molecule has 0 aliphatic rings. The Bertz CT molecular complexity index is 728. The largest absolute Gasteiger partial charge is 0.465 e. The minimum atomic E-state index is -0.711. The molecule has 2 aromatic rings. The van der Waals surface area contributed by atoms with Gasteiger partial charge in [-0.25, -0.2) is 9.18 Å². The zero-order valence-corrected chi connectivity index (χ0v) is 10.3. The van der Waals surface area contributed by atoms with Crippen molar-refractivity contribution in [1.82, 2.24) is 4.98 Å². The SMILES string of the molecule is COC(=O)c1cnc2cc(F)c(Cl)cc2c1N=[N+]=[N-]. The lowest BCUT2D eigenvalue weighted by Gasteiger charge is -2.07. The van der Waals surface area contributed by atoms with E-state index in [1.807, 2.05) is 0 Å². The summed E-state index contributed by atoms with van der Waals surface area (Å²) in [7, 11) is 1.18. The van der Waals surface area contributed by atoms with E-state index in [0.717, 1.165) is 12.3 Å². The molecule has 0 saturated carbocycles. The fourth-order valence-corrected chi connectivity index (χ4v) is 1.75. The van der Waals surface area contributed by atoms with E-state index in [1.54, 1.807) is 0 Å². The van der Waals surface area contributed by atoms with Gasteiger partial charge in [-0.3, -0.25) is 4.98 Å². The molecule has 0 atom stereocenters. The number of carbonyl (C=O) groups excluding carboxylic acids is 1. The molecule has 0 aliphatic carbocycles. The third-order valence-corrected chi connectivity index (χ3v) is 2.72. The number of fused-ring (bicyclic) bond motifs is 1. The fraction of sp³-hybridized carbons (Fsp3) is 0.0909. The maximum Gasteiger partial charge on any atom is 0.339 e. The molecule has 8 heteroatoms. The van der Waals surface area contributed by atoms with E-state index in [1.165, 1.54) is 13.2 Å². The standard InChI is InChI=1S/C11H6ClFN4O2/c1-19-11(18)6-4-15-9-3-8(13)7(12)2-5(9)10(6)16-17-14/h2-4H,1H3. The quantitative estimate of drug-likeness (QED) is 0.363. The predicted octanol–water partition coefficient (Wildman–Crippen LogP) is 3.76. The highest BCUT2D eigenvalue weighted by Gasteiger charge is 2.16. The van der Waals surface area contributed by atoms with Gasteiger partial charge in [0.1, 0.15) is 5.82 Å². The van der Waals surface area contributed by atoms with Crippen molar-refractivity contribution in [2.45, 2.75) is 0 Å². The summed E-state index contributed by atoms with van der Waals surface area (Å²) in [6.45, 7) is 0. The van der Waals surface area contributed by atoms with Crippen molar-refractivity contribution in [2.75, 3.05) is 7.11 Å². The van der Waals surface area contributed by atoms with Gasteiger partial charge in [-0.1, -0.05) is 16.7 Å². The molecular formula is C11H6ClFN4O2. The van der Waals surface area contributed by atoms with Crippen LogP contribution in [0.1, 0.15) is 10.4 Å². The van der Waals surface area contributed by atoms with Crippen molar-refractivity contribution in [3.8, 4) is 0 Å². The second-order valence-electron chi connectivity index (χ2n) is 3.48. The van der Waals surface area contributed by atoms with Crippen LogP contribution in [-0.2, 0) is 4.74 Å². The van der Waals surface area contributed by atoms with E-state index in [2.05, 4.69) is 19.7 Å². The Balaban J connectivity index is 2.87. The van der Waals surface area contributed by atoms with Gasteiger partial charge < -0.3 is 4.74 Å². The lowest BCUT2D eigenvalue weighted by Crippen LogP contribution is -2.02. The minimum Gasteiger partial charge on any atom is -0.465 e. The smallest absolute Gasteiger partial charge is 0.339 e. The first kappa shape index (κ1) is 13.1. The van der Waals surface area contributed by atoms with E-state index >= 15 is 0 Å². The number of aromatic nitrogens is 1. The summed E-state index contributed by atoms with van der Waals surface area (Å²) in [5.74, 6) is -1.36. The van der Waals surface area contributed by atoms with Crippen molar-refractivity contribution >= 4 is 34.2 Å². The summed E-state index contributed by atoms with van der Waals surface area (Å²) < 4.78 is 17.9. The van der Waals surface area contributed by atoms with E-state index in [0.29, 0.717) is 0 Å². The normalized spacial score (nSPS) is 10.1. The van der Waals surface area contributed by atoms with Crippen LogP contribution in [-0.4, -0.2) is 18.1 Å². The number of halogens is 2. The Labute approximate surface area is 111 Å². The van der Waals surface area contributed by atoms with Crippen molar-refractivity contribution in [3.63, 3.8) is 0 Å². The third kappa shape index (κ3) is 2.29. The topological polar surface area (TPSA) is 88.0 Å². The highest BCUT2D eigenvalue weighted by Crippen LogP contribution is 2.32. The van der Waals surface area contributed by atoms with Gasteiger partial charge in [0.2, 0.25) is 0 Å². The molecule has 0 fully saturated rings. The molecule has 1 heterocycles. The van der Waals surface area contributed by atoms with E-state index in [9.17, 15) is 9.18 Å². The van der Waals surface area contributed by atoms with Gasteiger partial charge in [0.05, 0.1) is 28.9 Å². The second kappa shape index (κ2) is 5.09. The molecule has 0 unspecified atom stereocenters. The van der Waals surface area contributed by atoms with Crippen molar-refractivity contribution in [2.24, 2.45) is 5.11 Å². The average Bonchev–Trinajstić information content (AvgIpc) is 2.40. The molecule has 0 saturated heterocycles. The number of benzene rings is 1. The Hall–Kier alpha value is -2.37. The minimum absolute atomic E-state index is 0.00116. The maximum absolute atomic E-state index is 13.3. The summed E-state index contributed by atoms with van der Waals surface area (Å²) in [6.07, 6.45) is 1.16. The first-order chi connectivity index (χ1) is 9.08. The molecule has 19 heavy (non-hydrogen) atoms. The van der Waals surface area contributed by atoms with Gasteiger partial charge in [0, 0.05) is 22.6 Å². The fourth-order valence-electron chi connectivity index (χ4n) is 1.58. The van der Waals surface area contributed by atoms with Crippen LogP contribution >= 0.6 is 11.6 Å². The van der Waals surface area contributed by atoms with Crippen LogP contribution in [0.25, 0.3) is 21.3 Å². The Morgan fingerprint density at radius 1 is 1.58 bits per heavy atom. The average molecular weight is 281 g/mol. The van der Waals surface area contributed by atoms with Gasteiger partial charge in [-0.15, -0.1) is 0 Å². The molecule has 6 nitrogen and oxygen atoms in total. The number of methoxy groups -OCH3 is 1. The maximum atomic E-state index is 13.3. The van der Waals surface area contributed by atoms with Crippen LogP contribution in [0.2, 0.25) is 5.02 Å². The first-order valence-corrected chi connectivity index (χ1v) is 5.37. The molecule has 96 valence electrons. The van der Waals surface area contributed by atoms with Crippen molar-refractivity contribution in [1.29, 1.82) is 0 Å². The van der Waals surface area contributed by atoms with Crippen molar-refractivity contribution < 1.29 is 13.9 Å². The highest BCUT2D eigenvalue weighted by molar-refractivity contribution is 6.31. The zero-order chi connectivity index (χ0) is 14.0. The lowest BCUT2D eigenvalue weighted by atomic mass is 10.1. The summed E-state index contributed by atoms with van der Waals surface area (Å²) in [4.78, 5) is 18.1. The molecule has 0 amide bonds. The molecular weight excluding hydrogens is 275 g/mol. The summed E-state index contributed by atoms with van der Waals surface area (Å²) in [5.41, 5.74) is 8.76. The van der Waals surface area contributed by atoms with Crippen LogP contribution in [0, 0.1) is 5.82 Å². The number of azide groups is 1. The van der Waals surface area contributed by atoms with Gasteiger partial charge >= 0.3 is 5.97 Å². The number of hydrogen-bond donors (Lipinski definition) is 0. The second-order valence-corrected chi connectivity index (χ2v) is 3.89. The van der Waals surface area contributed by atoms with E-state index in [-0.39, 0.29) is 27.2 Å². The number of carbonyl (C=O) groups is 1. The number of esters is 1. The monoisotopic (exact) mass is 280 g/mol. The summed E-state index contributed by atoms with van der Waals surface area (Å²) >= 11 is 5.67. The molecule has 1 aromatic heterocycles. The summed E-state index contributed by atoms with van der Waals surface area (Å²) in [6, 6.07) is 2.34. The first-order valence-electron chi connectivity index (χ1n) is 4.99. The molecule has 0 radical (unpaired) electrons. The number of rotatable bonds is 2. The van der Waals surface area contributed by atoms with Crippen LogP contribution < -0.4 is 0 Å². The predicted molar refractivity (Wildman–Crippen MR) is 66.9 cm³/mol. The van der Waals surface area contributed by atoms with Gasteiger partial charge in [-0.2, -0.15) is 0 Å². The number of pyridine rings is 1. The Kier molecular flexibility index (Phi) is 3.50. The summed E-state index contributed by atoms with van der Waals surface area (Å²) in [5, 5.41) is 3.54. The number of ether oxygens (including phenoxy) is 1. The molecule has 2 rings (SSSR count). The van der Waals surface area contributed by atoms with Crippen LogP contribution in [0.5, 0.6) is 0 Å². The zero-order valence-electron chi connectivity index (χ0n) is 9.59. The number of nitrogens with zero attached hydrogens (tertiary/aromatic N) is 4. The van der Waals surface area contributed by atoms with E-state index < -0.39 is 11.8 Å². The van der Waals surface area contributed by atoms with Gasteiger partial charge in [0.25, 0.3) is 0 Å². The molecule has 1 aromatic carbocycles. The third-order valence-electron chi connectivity index (χ3n) is 2.43. The Morgan fingerprint density at radius 2 is 2.32 bits per heavy atom. The van der Waals surface area contributed by atoms with E-state index in [4.69, 9.17) is 17.1 Å². The Morgan fingerprint density at radius 3 is 2.95 bits per heavy atom. The van der Waals surface area contributed by atoms with Crippen LogP contribution in [0.15, 0.2) is 23.4 Å². The molecule has 0 spiro atoms. The number of hydrogen-bond acceptors (Lipinski definition) is 4. The van der Waals surface area contributed by atoms with Crippen LogP contribution in [0.4, 0.5) is 10.1 Å². The molecule has 0 N–H and O–H groups in total. The molecule has 0 aliphatic heterocycles. The highest BCUT2D eigenvalue weighted by atomic mass is 35.5. The van der Waals surface area contributed by atoms with Crippen molar-refractivity contribution in [3.05, 3.63) is 45.2 Å². The van der Waals surface area contributed by atoms with Gasteiger partial charge in [-0.05, 0) is 11.6 Å². The lowest BCUT2D eigenvalue weighted by molar-refractivity contribution is 0.0601. The molecule has 0 bridgehead atoms.